The van der Waals surface area contributed by atoms with Gasteiger partial charge in [-0.05, 0) is 53.6 Å². The third-order valence-electron chi connectivity index (χ3n) is 4.65. The third-order valence-corrected chi connectivity index (χ3v) is 4.65. The molecular formula is C22H28N2O2. The zero-order valence-corrected chi connectivity index (χ0v) is 16.0. The highest BCUT2D eigenvalue weighted by Gasteiger charge is 2.11. The second-order valence-corrected chi connectivity index (χ2v) is 6.93. The molecule has 0 bridgehead atoms. The lowest BCUT2D eigenvalue weighted by molar-refractivity contribution is 0.0948. The molecule has 0 aliphatic heterocycles. The molecule has 1 unspecified atom stereocenters. The number of carbonyl (C=O) groups excluding carboxylic acids is 2. The van der Waals surface area contributed by atoms with Gasteiger partial charge in [-0.3, -0.25) is 9.59 Å². The summed E-state index contributed by atoms with van der Waals surface area (Å²) in [5, 5.41) is 5.62. The Morgan fingerprint density at radius 2 is 1.58 bits per heavy atom. The first kappa shape index (κ1) is 19.7. The summed E-state index contributed by atoms with van der Waals surface area (Å²) >= 11 is 0. The van der Waals surface area contributed by atoms with Crippen LogP contribution in [0.15, 0.2) is 48.5 Å². The van der Waals surface area contributed by atoms with Crippen molar-refractivity contribution in [3.8, 4) is 0 Å². The first-order valence-electron chi connectivity index (χ1n) is 9.12. The van der Waals surface area contributed by atoms with E-state index in [0.717, 1.165) is 12.0 Å². The van der Waals surface area contributed by atoms with E-state index in [0.29, 0.717) is 23.6 Å². The van der Waals surface area contributed by atoms with Crippen LogP contribution in [0, 0.1) is 0 Å². The van der Waals surface area contributed by atoms with E-state index in [1.807, 2.05) is 42.5 Å². The van der Waals surface area contributed by atoms with Crippen LogP contribution in [0.5, 0.6) is 0 Å². The van der Waals surface area contributed by atoms with Crippen molar-refractivity contribution >= 4 is 11.8 Å². The fraction of sp³-hybridized carbons (Fsp3) is 0.364. The lowest BCUT2D eigenvalue weighted by atomic mass is 9.96. The second kappa shape index (κ2) is 9.18. The van der Waals surface area contributed by atoms with Crippen LogP contribution in [0.1, 0.15) is 70.9 Å². The lowest BCUT2D eigenvalue weighted by Crippen LogP contribution is -2.25. The van der Waals surface area contributed by atoms with Crippen LogP contribution in [0.4, 0.5) is 0 Å². The number of rotatable bonds is 7. The van der Waals surface area contributed by atoms with Crippen molar-refractivity contribution < 1.29 is 9.59 Å². The van der Waals surface area contributed by atoms with Gasteiger partial charge >= 0.3 is 0 Å². The maximum absolute atomic E-state index is 12.3. The van der Waals surface area contributed by atoms with Gasteiger partial charge in [0, 0.05) is 24.7 Å². The molecule has 2 aromatic rings. The van der Waals surface area contributed by atoms with Crippen LogP contribution in [-0.4, -0.2) is 25.4 Å². The highest BCUT2D eigenvalue weighted by Crippen LogP contribution is 2.20. The predicted octanol–water partition coefficient (Wildman–Crippen LogP) is 4.09. The highest BCUT2D eigenvalue weighted by molar-refractivity contribution is 5.94. The molecule has 0 radical (unpaired) electrons. The average molecular weight is 352 g/mol. The van der Waals surface area contributed by atoms with E-state index in [2.05, 4.69) is 31.4 Å². The van der Waals surface area contributed by atoms with Gasteiger partial charge < -0.3 is 10.6 Å². The first-order valence-corrected chi connectivity index (χ1v) is 9.12. The van der Waals surface area contributed by atoms with Crippen molar-refractivity contribution in [3.63, 3.8) is 0 Å². The predicted molar refractivity (Wildman–Crippen MR) is 106 cm³/mol. The molecule has 2 rings (SSSR count). The summed E-state index contributed by atoms with van der Waals surface area (Å²) in [5.74, 6) is 0.575. The van der Waals surface area contributed by atoms with Crippen molar-refractivity contribution in [3.05, 3.63) is 70.8 Å². The molecule has 0 saturated carbocycles. The van der Waals surface area contributed by atoms with E-state index in [9.17, 15) is 9.59 Å². The molecule has 2 amide bonds. The Kier molecular flexibility index (Phi) is 6.96. The molecule has 1 atom stereocenters. The molecule has 0 heterocycles. The maximum Gasteiger partial charge on any atom is 0.251 e. The van der Waals surface area contributed by atoms with Crippen LogP contribution in [0.25, 0.3) is 0 Å². The van der Waals surface area contributed by atoms with Gasteiger partial charge in [0.1, 0.15) is 0 Å². The van der Waals surface area contributed by atoms with Crippen molar-refractivity contribution in [1.29, 1.82) is 0 Å². The molecule has 4 heteroatoms. The minimum atomic E-state index is -0.0859. The monoisotopic (exact) mass is 352 g/mol. The minimum absolute atomic E-state index is 0.0494. The molecule has 0 aliphatic carbocycles. The number of amides is 2. The van der Waals surface area contributed by atoms with Crippen molar-refractivity contribution in [2.24, 2.45) is 0 Å². The number of nitrogens with one attached hydrogen (secondary N) is 2. The van der Waals surface area contributed by atoms with Crippen LogP contribution in [0.3, 0.4) is 0 Å². The summed E-state index contributed by atoms with van der Waals surface area (Å²) in [6.45, 7) is 6.97. The molecule has 0 aliphatic rings. The molecule has 0 aromatic heterocycles. The third kappa shape index (κ3) is 5.19. The standard InChI is InChI=1S/C22H28N2O2/c1-15(2)17-8-10-18(11-9-17)22(26)24-13-12-16(3)19-6-5-7-20(14-19)21(25)23-4/h5-11,14-16H,12-13H2,1-4H3,(H,23,25)(H,24,26). The molecule has 2 aromatic carbocycles. The Hall–Kier alpha value is -2.62. The van der Waals surface area contributed by atoms with Crippen molar-refractivity contribution in [2.45, 2.75) is 39.0 Å². The van der Waals surface area contributed by atoms with Crippen molar-refractivity contribution in [2.75, 3.05) is 13.6 Å². The molecule has 138 valence electrons. The zero-order chi connectivity index (χ0) is 19.1. The molecular weight excluding hydrogens is 324 g/mol. The van der Waals surface area contributed by atoms with Gasteiger partial charge in [-0.25, -0.2) is 0 Å². The van der Waals surface area contributed by atoms with Gasteiger partial charge in [-0.2, -0.15) is 0 Å². The maximum atomic E-state index is 12.3. The van der Waals surface area contributed by atoms with Gasteiger partial charge in [0.05, 0.1) is 0 Å². The van der Waals surface area contributed by atoms with Gasteiger partial charge in [-0.15, -0.1) is 0 Å². The van der Waals surface area contributed by atoms with Gasteiger partial charge in [0.2, 0.25) is 0 Å². The summed E-state index contributed by atoms with van der Waals surface area (Å²) in [7, 11) is 1.63. The largest absolute Gasteiger partial charge is 0.355 e. The van der Waals surface area contributed by atoms with Gasteiger partial charge in [0.25, 0.3) is 11.8 Å². The number of hydrogen-bond donors (Lipinski definition) is 2. The molecule has 0 saturated heterocycles. The summed E-state index contributed by atoms with van der Waals surface area (Å²) in [6.07, 6.45) is 0.813. The van der Waals surface area contributed by atoms with Gasteiger partial charge in [-0.1, -0.05) is 45.0 Å². The molecule has 26 heavy (non-hydrogen) atoms. The SMILES string of the molecule is CNC(=O)c1cccc(C(C)CCNC(=O)c2ccc(C(C)C)cc2)c1. The van der Waals surface area contributed by atoms with E-state index in [-0.39, 0.29) is 17.7 Å². The summed E-state index contributed by atoms with van der Waals surface area (Å²) in [4.78, 5) is 24.0. The first-order chi connectivity index (χ1) is 12.4. The van der Waals surface area contributed by atoms with Crippen LogP contribution >= 0.6 is 0 Å². The average Bonchev–Trinajstić information content (AvgIpc) is 2.67. The van der Waals surface area contributed by atoms with Crippen molar-refractivity contribution in [1.82, 2.24) is 10.6 Å². The Labute approximate surface area is 156 Å². The van der Waals surface area contributed by atoms with Crippen LogP contribution in [0.2, 0.25) is 0 Å². The Morgan fingerprint density at radius 1 is 0.885 bits per heavy atom. The summed E-state index contributed by atoms with van der Waals surface area (Å²) < 4.78 is 0. The van der Waals surface area contributed by atoms with Gasteiger partial charge in [0.15, 0.2) is 0 Å². The summed E-state index contributed by atoms with van der Waals surface area (Å²) in [5.41, 5.74) is 3.67. The molecule has 4 nitrogen and oxygen atoms in total. The molecule has 0 spiro atoms. The highest BCUT2D eigenvalue weighted by atomic mass is 16.2. The fourth-order valence-corrected chi connectivity index (χ4v) is 2.82. The van der Waals surface area contributed by atoms with Crippen LogP contribution in [-0.2, 0) is 0 Å². The number of carbonyl (C=O) groups is 2. The fourth-order valence-electron chi connectivity index (χ4n) is 2.82. The van der Waals surface area contributed by atoms with E-state index in [1.165, 1.54) is 5.56 Å². The number of benzene rings is 2. The van der Waals surface area contributed by atoms with Crippen LogP contribution < -0.4 is 10.6 Å². The normalized spacial score (nSPS) is 11.9. The Balaban J connectivity index is 1.88. The summed E-state index contributed by atoms with van der Waals surface area (Å²) in [6, 6.07) is 15.4. The van der Waals surface area contributed by atoms with E-state index >= 15 is 0 Å². The second-order valence-electron chi connectivity index (χ2n) is 6.93. The topological polar surface area (TPSA) is 58.2 Å². The Bertz CT molecular complexity index is 751. The quantitative estimate of drug-likeness (QED) is 0.788. The van der Waals surface area contributed by atoms with E-state index < -0.39 is 0 Å². The lowest BCUT2D eigenvalue weighted by Gasteiger charge is -2.14. The molecule has 0 fully saturated rings. The Morgan fingerprint density at radius 3 is 2.19 bits per heavy atom. The molecule has 2 N–H and O–H groups in total. The van der Waals surface area contributed by atoms with E-state index in [1.54, 1.807) is 13.1 Å². The smallest absolute Gasteiger partial charge is 0.251 e. The number of hydrogen-bond acceptors (Lipinski definition) is 2. The zero-order valence-electron chi connectivity index (χ0n) is 16.0. The van der Waals surface area contributed by atoms with E-state index in [4.69, 9.17) is 0 Å². The minimum Gasteiger partial charge on any atom is -0.355 e.